The molecular weight excluding hydrogens is 162 g/mol. The fourth-order valence-corrected chi connectivity index (χ4v) is 1.08. The zero-order valence-corrected chi connectivity index (χ0v) is 7.31. The first-order valence-corrected chi connectivity index (χ1v) is 3.76. The highest BCUT2D eigenvalue weighted by atomic mass is 35.5. The van der Waals surface area contributed by atoms with Gasteiger partial charge in [-0.3, -0.25) is 0 Å². The van der Waals surface area contributed by atoms with E-state index in [4.69, 9.17) is 16.7 Å². The summed E-state index contributed by atoms with van der Waals surface area (Å²) in [6.45, 7) is 3.78. The lowest BCUT2D eigenvalue weighted by Gasteiger charge is -2.03. The van der Waals surface area contributed by atoms with Gasteiger partial charge in [0.1, 0.15) is 5.15 Å². The predicted molar refractivity (Wildman–Crippen MR) is 44.6 cm³/mol. The maximum atomic E-state index is 8.81. The van der Waals surface area contributed by atoms with Gasteiger partial charge in [0.05, 0.1) is 6.61 Å². The van der Waals surface area contributed by atoms with Crippen LogP contribution in [-0.2, 0) is 6.61 Å². The number of hydrogen-bond acceptors (Lipinski definition) is 2. The minimum atomic E-state index is -0.0487. The molecule has 1 aromatic rings. The van der Waals surface area contributed by atoms with Gasteiger partial charge in [-0.15, -0.1) is 0 Å². The molecule has 3 heteroatoms. The molecule has 0 atom stereocenters. The quantitative estimate of drug-likeness (QED) is 0.655. The Labute approximate surface area is 70.8 Å². The first kappa shape index (κ1) is 8.50. The van der Waals surface area contributed by atoms with Crippen LogP contribution in [0.3, 0.4) is 0 Å². The van der Waals surface area contributed by atoms with Crippen molar-refractivity contribution in [1.82, 2.24) is 4.98 Å². The number of pyridine rings is 1. The topological polar surface area (TPSA) is 33.1 Å². The molecule has 0 aromatic carbocycles. The molecule has 1 aromatic heterocycles. The molecular formula is C8H10ClNO. The van der Waals surface area contributed by atoms with Crippen molar-refractivity contribution in [2.75, 3.05) is 0 Å². The number of nitrogens with zero attached hydrogens (tertiary/aromatic N) is 1. The first-order valence-electron chi connectivity index (χ1n) is 3.38. The lowest BCUT2D eigenvalue weighted by atomic mass is 10.2. The Morgan fingerprint density at radius 3 is 2.73 bits per heavy atom. The SMILES string of the molecule is Cc1cc(CO)c(Cl)nc1C. The lowest BCUT2D eigenvalue weighted by Crippen LogP contribution is -1.93. The molecule has 0 unspecified atom stereocenters. The minimum Gasteiger partial charge on any atom is -0.392 e. The van der Waals surface area contributed by atoms with Gasteiger partial charge in [-0.25, -0.2) is 4.98 Å². The third kappa shape index (κ3) is 1.70. The first-order chi connectivity index (χ1) is 5.15. The van der Waals surface area contributed by atoms with E-state index < -0.39 is 0 Å². The van der Waals surface area contributed by atoms with E-state index in [9.17, 15) is 0 Å². The molecule has 0 radical (unpaired) electrons. The zero-order valence-electron chi connectivity index (χ0n) is 6.56. The summed E-state index contributed by atoms with van der Waals surface area (Å²) in [7, 11) is 0. The monoisotopic (exact) mass is 171 g/mol. The van der Waals surface area contributed by atoms with Crippen LogP contribution in [0, 0.1) is 13.8 Å². The van der Waals surface area contributed by atoms with Gasteiger partial charge in [0, 0.05) is 11.3 Å². The van der Waals surface area contributed by atoms with Crippen molar-refractivity contribution >= 4 is 11.6 Å². The van der Waals surface area contributed by atoms with Crippen LogP contribution in [-0.4, -0.2) is 10.1 Å². The number of aromatic nitrogens is 1. The number of aryl methyl sites for hydroxylation is 2. The Hall–Kier alpha value is -0.600. The van der Waals surface area contributed by atoms with E-state index in [1.54, 1.807) is 0 Å². The number of aliphatic hydroxyl groups is 1. The summed E-state index contributed by atoms with van der Waals surface area (Å²) < 4.78 is 0. The number of rotatable bonds is 1. The van der Waals surface area contributed by atoms with E-state index in [1.807, 2.05) is 19.9 Å². The van der Waals surface area contributed by atoms with Crippen molar-refractivity contribution in [3.05, 3.63) is 28.0 Å². The maximum Gasteiger partial charge on any atom is 0.134 e. The second kappa shape index (κ2) is 3.20. The van der Waals surface area contributed by atoms with Gasteiger partial charge in [-0.1, -0.05) is 11.6 Å². The van der Waals surface area contributed by atoms with Gasteiger partial charge >= 0.3 is 0 Å². The summed E-state index contributed by atoms with van der Waals surface area (Å²) in [4.78, 5) is 4.05. The van der Waals surface area contributed by atoms with E-state index in [-0.39, 0.29) is 6.61 Å². The molecule has 2 nitrogen and oxygen atoms in total. The van der Waals surface area contributed by atoms with E-state index in [0.29, 0.717) is 10.7 Å². The molecule has 0 spiro atoms. The average molecular weight is 172 g/mol. The molecule has 0 saturated carbocycles. The second-order valence-corrected chi connectivity index (χ2v) is 2.86. The lowest BCUT2D eigenvalue weighted by molar-refractivity contribution is 0.281. The Kier molecular flexibility index (Phi) is 2.47. The van der Waals surface area contributed by atoms with E-state index in [1.165, 1.54) is 0 Å². The number of halogens is 1. The van der Waals surface area contributed by atoms with Crippen LogP contribution in [0.5, 0.6) is 0 Å². The molecule has 1 heterocycles. The Balaban J connectivity index is 3.21. The van der Waals surface area contributed by atoms with Crippen LogP contribution in [0.15, 0.2) is 6.07 Å². The Morgan fingerprint density at radius 1 is 1.55 bits per heavy atom. The standard InChI is InChI=1S/C8H10ClNO/c1-5-3-7(4-11)8(9)10-6(5)2/h3,11H,4H2,1-2H3. The van der Waals surface area contributed by atoms with Gasteiger partial charge < -0.3 is 5.11 Å². The minimum absolute atomic E-state index is 0.0487. The third-order valence-corrected chi connectivity index (χ3v) is 1.99. The van der Waals surface area contributed by atoms with Crippen molar-refractivity contribution < 1.29 is 5.11 Å². The summed E-state index contributed by atoms with van der Waals surface area (Å²) in [5.41, 5.74) is 2.65. The zero-order chi connectivity index (χ0) is 8.43. The molecule has 0 aliphatic carbocycles. The van der Waals surface area contributed by atoms with Crippen LogP contribution in [0.4, 0.5) is 0 Å². The van der Waals surface area contributed by atoms with Gasteiger partial charge in [0.25, 0.3) is 0 Å². The van der Waals surface area contributed by atoms with Crippen molar-refractivity contribution in [2.45, 2.75) is 20.5 Å². The van der Waals surface area contributed by atoms with Crippen LogP contribution in [0.1, 0.15) is 16.8 Å². The smallest absolute Gasteiger partial charge is 0.134 e. The number of hydrogen-bond donors (Lipinski definition) is 1. The van der Waals surface area contributed by atoms with Crippen LogP contribution < -0.4 is 0 Å². The molecule has 0 aliphatic rings. The summed E-state index contributed by atoms with van der Waals surface area (Å²) >= 11 is 5.73. The van der Waals surface area contributed by atoms with Gasteiger partial charge in [0.2, 0.25) is 0 Å². The molecule has 11 heavy (non-hydrogen) atoms. The molecule has 0 aliphatic heterocycles. The highest BCUT2D eigenvalue weighted by Gasteiger charge is 2.02. The van der Waals surface area contributed by atoms with Crippen LogP contribution in [0.25, 0.3) is 0 Å². The summed E-state index contributed by atoms with van der Waals surface area (Å²) in [5, 5.41) is 9.21. The van der Waals surface area contributed by atoms with Gasteiger partial charge in [0.15, 0.2) is 0 Å². The summed E-state index contributed by atoms with van der Waals surface area (Å²) in [6.07, 6.45) is 0. The Bertz CT molecular complexity index is 273. The normalized spacial score (nSPS) is 10.2. The third-order valence-electron chi connectivity index (χ3n) is 1.66. The highest BCUT2D eigenvalue weighted by molar-refractivity contribution is 6.30. The van der Waals surface area contributed by atoms with Crippen molar-refractivity contribution in [1.29, 1.82) is 0 Å². The van der Waals surface area contributed by atoms with Crippen molar-refractivity contribution in [3.8, 4) is 0 Å². The summed E-state index contributed by atoms with van der Waals surface area (Å²) in [5.74, 6) is 0. The summed E-state index contributed by atoms with van der Waals surface area (Å²) in [6, 6.07) is 1.85. The van der Waals surface area contributed by atoms with Crippen LogP contribution >= 0.6 is 11.6 Å². The molecule has 0 saturated heterocycles. The maximum absolute atomic E-state index is 8.81. The van der Waals surface area contributed by atoms with Gasteiger partial charge in [-0.05, 0) is 25.5 Å². The highest BCUT2D eigenvalue weighted by Crippen LogP contribution is 2.16. The Morgan fingerprint density at radius 2 is 2.18 bits per heavy atom. The van der Waals surface area contributed by atoms with E-state index >= 15 is 0 Å². The molecule has 1 N–H and O–H groups in total. The predicted octanol–water partition coefficient (Wildman–Crippen LogP) is 1.84. The average Bonchev–Trinajstić information content (AvgIpc) is 1.97. The fraction of sp³-hybridized carbons (Fsp3) is 0.375. The largest absolute Gasteiger partial charge is 0.392 e. The van der Waals surface area contributed by atoms with Crippen LogP contribution in [0.2, 0.25) is 5.15 Å². The fourth-order valence-electron chi connectivity index (χ4n) is 0.843. The van der Waals surface area contributed by atoms with Crippen molar-refractivity contribution in [2.24, 2.45) is 0 Å². The van der Waals surface area contributed by atoms with Gasteiger partial charge in [-0.2, -0.15) is 0 Å². The van der Waals surface area contributed by atoms with E-state index in [0.717, 1.165) is 11.3 Å². The molecule has 0 amide bonds. The molecule has 60 valence electrons. The van der Waals surface area contributed by atoms with Crippen molar-refractivity contribution in [3.63, 3.8) is 0 Å². The molecule has 1 rings (SSSR count). The number of aliphatic hydroxyl groups excluding tert-OH is 1. The molecule has 0 fully saturated rings. The second-order valence-electron chi connectivity index (χ2n) is 2.50. The van der Waals surface area contributed by atoms with E-state index in [2.05, 4.69) is 4.98 Å². The molecule has 0 bridgehead atoms.